The fourth-order valence-corrected chi connectivity index (χ4v) is 2.37. The first kappa shape index (κ1) is 12.6. The number of halogens is 1. The van der Waals surface area contributed by atoms with Gasteiger partial charge in [0.05, 0.1) is 11.4 Å². The lowest BCUT2D eigenvalue weighted by Crippen LogP contribution is -2.08. The Hall–Kier alpha value is -1.42. The molecule has 0 spiro atoms. The molecule has 1 aliphatic rings. The Morgan fingerprint density at radius 2 is 2.05 bits per heavy atom. The number of rotatable bonds is 3. The SMILES string of the molecule is Cc1c(Cl)nc(C2CC2)nc1-c1ccnn1C(C)C. The van der Waals surface area contributed by atoms with Gasteiger partial charge in [-0.05, 0) is 39.7 Å². The van der Waals surface area contributed by atoms with Crippen molar-refractivity contribution in [2.45, 2.75) is 45.6 Å². The van der Waals surface area contributed by atoms with E-state index in [9.17, 15) is 0 Å². The van der Waals surface area contributed by atoms with Crippen LogP contribution in [0.5, 0.6) is 0 Å². The van der Waals surface area contributed by atoms with E-state index < -0.39 is 0 Å². The van der Waals surface area contributed by atoms with Gasteiger partial charge in [-0.25, -0.2) is 9.97 Å². The third-order valence-electron chi connectivity index (χ3n) is 3.45. The standard InChI is InChI=1S/C14H17ClN4/c1-8(2)19-11(6-7-16-19)12-9(3)13(15)18-14(17-12)10-4-5-10/h6-8,10H,4-5H2,1-3H3. The van der Waals surface area contributed by atoms with Crippen molar-refractivity contribution in [3.8, 4) is 11.4 Å². The fourth-order valence-electron chi connectivity index (χ4n) is 2.19. The molecule has 0 bridgehead atoms. The number of nitrogens with zero attached hydrogens (tertiary/aromatic N) is 4. The van der Waals surface area contributed by atoms with Gasteiger partial charge in [-0.1, -0.05) is 11.6 Å². The minimum Gasteiger partial charge on any atom is -0.261 e. The zero-order chi connectivity index (χ0) is 13.6. The van der Waals surface area contributed by atoms with Crippen LogP contribution in [0.3, 0.4) is 0 Å². The van der Waals surface area contributed by atoms with E-state index in [0.29, 0.717) is 17.1 Å². The second-order valence-corrected chi connectivity index (χ2v) is 5.73. The third-order valence-corrected chi connectivity index (χ3v) is 3.82. The maximum Gasteiger partial charge on any atom is 0.136 e. The van der Waals surface area contributed by atoms with E-state index in [1.165, 1.54) is 12.8 Å². The zero-order valence-corrected chi connectivity index (χ0v) is 12.1. The zero-order valence-electron chi connectivity index (χ0n) is 11.4. The highest BCUT2D eigenvalue weighted by Crippen LogP contribution is 2.40. The predicted octanol–water partition coefficient (Wildman–Crippen LogP) is 3.76. The molecular weight excluding hydrogens is 260 g/mol. The molecule has 19 heavy (non-hydrogen) atoms. The Balaban J connectivity index is 2.15. The molecule has 2 heterocycles. The monoisotopic (exact) mass is 276 g/mol. The van der Waals surface area contributed by atoms with Crippen LogP contribution in [0.1, 0.15) is 50.0 Å². The highest BCUT2D eigenvalue weighted by atomic mass is 35.5. The molecule has 1 aliphatic carbocycles. The quantitative estimate of drug-likeness (QED) is 0.802. The van der Waals surface area contributed by atoms with Crippen molar-refractivity contribution in [1.82, 2.24) is 19.7 Å². The summed E-state index contributed by atoms with van der Waals surface area (Å²) in [6, 6.07) is 2.28. The second kappa shape index (κ2) is 4.60. The molecule has 0 aliphatic heterocycles. The molecule has 0 radical (unpaired) electrons. The van der Waals surface area contributed by atoms with Crippen LogP contribution in [0.4, 0.5) is 0 Å². The van der Waals surface area contributed by atoms with E-state index in [1.807, 2.05) is 23.9 Å². The molecule has 0 atom stereocenters. The highest BCUT2D eigenvalue weighted by Gasteiger charge is 2.28. The Labute approximate surface area is 117 Å². The van der Waals surface area contributed by atoms with Crippen molar-refractivity contribution >= 4 is 11.6 Å². The van der Waals surface area contributed by atoms with Crippen molar-refractivity contribution in [3.63, 3.8) is 0 Å². The minimum atomic E-state index is 0.294. The predicted molar refractivity (Wildman–Crippen MR) is 75.4 cm³/mol. The van der Waals surface area contributed by atoms with Crippen LogP contribution in [0, 0.1) is 6.92 Å². The fraction of sp³-hybridized carbons (Fsp3) is 0.500. The summed E-state index contributed by atoms with van der Waals surface area (Å²) in [5.41, 5.74) is 2.85. The van der Waals surface area contributed by atoms with Crippen molar-refractivity contribution < 1.29 is 0 Å². The summed E-state index contributed by atoms with van der Waals surface area (Å²) in [7, 11) is 0. The van der Waals surface area contributed by atoms with Gasteiger partial charge in [0.25, 0.3) is 0 Å². The van der Waals surface area contributed by atoms with Crippen LogP contribution in [0.2, 0.25) is 5.15 Å². The van der Waals surface area contributed by atoms with Gasteiger partial charge in [0.15, 0.2) is 0 Å². The molecule has 0 unspecified atom stereocenters. The van der Waals surface area contributed by atoms with E-state index in [1.54, 1.807) is 0 Å². The van der Waals surface area contributed by atoms with Crippen LogP contribution in [-0.4, -0.2) is 19.7 Å². The van der Waals surface area contributed by atoms with Gasteiger partial charge in [-0.2, -0.15) is 5.10 Å². The molecule has 2 aromatic rings. The highest BCUT2D eigenvalue weighted by molar-refractivity contribution is 6.30. The van der Waals surface area contributed by atoms with Gasteiger partial charge in [-0.3, -0.25) is 4.68 Å². The molecule has 0 saturated heterocycles. The van der Waals surface area contributed by atoms with Crippen LogP contribution >= 0.6 is 11.6 Å². The molecule has 0 N–H and O–H groups in total. The third kappa shape index (κ3) is 2.25. The summed E-state index contributed by atoms with van der Waals surface area (Å²) in [5.74, 6) is 1.37. The van der Waals surface area contributed by atoms with Crippen molar-refractivity contribution in [2.24, 2.45) is 0 Å². The molecule has 3 rings (SSSR count). The van der Waals surface area contributed by atoms with Crippen molar-refractivity contribution in [1.29, 1.82) is 0 Å². The summed E-state index contributed by atoms with van der Waals surface area (Å²) in [6.07, 6.45) is 4.14. The Kier molecular flexibility index (Phi) is 3.05. The summed E-state index contributed by atoms with van der Waals surface area (Å²) in [4.78, 5) is 9.13. The Bertz CT molecular complexity index is 614. The number of aromatic nitrogens is 4. The van der Waals surface area contributed by atoms with E-state index in [2.05, 4.69) is 23.9 Å². The molecule has 0 amide bonds. The molecule has 4 nitrogen and oxygen atoms in total. The molecule has 1 fully saturated rings. The molecular formula is C14H17ClN4. The first-order valence-corrected chi connectivity index (χ1v) is 7.03. The largest absolute Gasteiger partial charge is 0.261 e. The van der Waals surface area contributed by atoms with Gasteiger partial charge >= 0.3 is 0 Å². The normalized spacial score (nSPS) is 15.2. The van der Waals surface area contributed by atoms with Gasteiger partial charge < -0.3 is 0 Å². The first-order valence-electron chi connectivity index (χ1n) is 6.66. The van der Waals surface area contributed by atoms with E-state index >= 15 is 0 Å². The number of hydrogen-bond acceptors (Lipinski definition) is 3. The molecule has 1 saturated carbocycles. The lowest BCUT2D eigenvalue weighted by Gasteiger charge is -2.13. The topological polar surface area (TPSA) is 43.6 Å². The maximum absolute atomic E-state index is 6.26. The van der Waals surface area contributed by atoms with Gasteiger partial charge in [0, 0.05) is 23.7 Å². The number of hydrogen-bond donors (Lipinski definition) is 0. The average Bonchev–Trinajstić information content (AvgIpc) is 3.09. The van der Waals surface area contributed by atoms with Crippen LogP contribution < -0.4 is 0 Å². The van der Waals surface area contributed by atoms with Gasteiger partial charge in [0.2, 0.25) is 0 Å². The van der Waals surface area contributed by atoms with Crippen LogP contribution in [0.25, 0.3) is 11.4 Å². The van der Waals surface area contributed by atoms with Crippen LogP contribution in [0.15, 0.2) is 12.3 Å². The first-order chi connectivity index (χ1) is 9.08. The molecule has 2 aromatic heterocycles. The average molecular weight is 277 g/mol. The van der Waals surface area contributed by atoms with Crippen molar-refractivity contribution in [3.05, 3.63) is 28.8 Å². The Morgan fingerprint density at radius 3 is 2.68 bits per heavy atom. The van der Waals surface area contributed by atoms with Crippen molar-refractivity contribution in [2.75, 3.05) is 0 Å². The summed E-state index contributed by atoms with van der Waals surface area (Å²) >= 11 is 6.26. The van der Waals surface area contributed by atoms with E-state index in [0.717, 1.165) is 22.8 Å². The lowest BCUT2D eigenvalue weighted by atomic mass is 10.2. The van der Waals surface area contributed by atoms with Gasteiger partial charge in [-0.15, -0.1) is 0 Å². The molecule has 100 valence electrons. The summed E-state index contributed by atoms with van der Waals surface area (Å²) < 4.78 is 1.97. The molecule has 0 aromatic carbocycles. The summed E-state index contributed by atoms with van der Waals surface area (Å²) in [5, 5.41) is 4.92. The maximum atomic E-state index is 6.26. The second-order valence-electron chi connectivity index (χ2n) is 5.38. The molecule has 5 heteroatoms. The smallest absolute Gasteiger partial charge is 0.136 e. The Morgan fingerprint density at radius 1 is 1.32 bits per heavy atom. The van der Waals surface area contributed by atoms with E-state index in [-0.39, 0.29) is 0 Å². The lowest BCUT2D eigenvalue weighted by molar-refractivity contribution is 0.537. The summed E-state index contributed by atoms with van der Waals surface area (Å²) in [6.45, 7) is 6.18. The minimum absolute atomic E-state index is 0.294. The van der Waals surface area contributed by atoms with E-state index in [4.69, 9.17) is 16.6 Å². The van der Waals surface area contributed by atoms with Gasteiger partial charge in [0.1, 0.15) is 11.0 Å². The van der Waals surface area contributed by atoms with Crippen LogP contribution in [-0.2, 0) is 0 Å².